The van der Waals surface area contributed by atoms with E-state index in [2.05, 4.69) is 10.9 Å². The molecule has 0 spiro atoms. The molecule has 4 aromatic rings. The summed E-state index contributed by atoms with van der Waals surface area (Å²) in [7, 11) is -8.20. The van der Waals surface area contributed by atoms with Gasteiger partial charge in [-0.15, -0.1) is 9.66 Å². The Balaban J connectivity index is 1.30. The molecule has 37 heavy (non-hydrogen) atoms. The van der Waals surface area contributed by atoms with Gasteiger partial charge in [0.25, 0.3) is 20.0 Å². The molecule has 14 heteroatoms. The Morgan fingerprint density at radius 3 is 1.46 bits per heavy atom. The number of hydrazine groups is 2. The molecule has 2 amide bonds. The summed E-state index contributed by atoms with van der Waals surface area (Å²) in [5, 5.41) is 0. The molecule has 0 fully saturated rings. The van der Waals surface area contributed by atoms with Crippen LogP contribution in [-0.4, -0.2) is 28.6 Å². The van der Waals surface area contributed by atoms with Crippen molar-refractivity contribution in [3.05, 3.63) is 95.8 Å². The molecule has 2 aromatic heterocycles. The minimum atomic E-state index is -4.10. The fraction of sp³-hybridized carbons (Fsp3) is 0.0435. The Morgan fingerprint density at radius 1 is 0.649 bits per heavy atom. The van der Waals surface area contributed by atoms with Crippen LogP contribution in [-0.2, 0) is 26.5 Å². The highest BCUT2D eigenvalue weighted by Gasteiger charge is 2.25. The lowest BCUT2D eigenvalue weighted by atomic mass is 10.1. The fourth-order valence-corrected chi connectivity index (χ4v) is 5.56. The smallest absolute Gasteiger partial charge is 0.301 e. The van der Waals surface area contributed by atoms with E-state index in [0.717, 1.165) is 11.1 Å². The number of rotatable bonds is 8. The van der Waals surface area contributed by atoms with E-state index in [-0.39, 0.29) is 27.7 Å². The van der Waals surface area contributed by atoms with Gasteiger partial charge in [-0.2, -0.15) is 0 Å². The molecule has 2 aromatic carbocycles. The molecule has 0 atom stereocenters. The van der Waals surface area contributed by atoms with Crippen molar-refractivity contribution in [2.24, 2.45) is 0 Å². The lowest BCUT2D eigenvalue weighted by Crippen LogP contribution is -2.41. The van der Waals surface area contributed by atoms with Crippen molar-refractivity contribution in [1.82, 2.24) is 20.5 Å². The van der Waals surface area contributed by atoms with Crippen molar-refractivity contribution < 1.29 is 35.3 Å². The summed E-state index contributed by atoms with van der Waals surface area (Å²) < 4.78 is 60.6. The Labute approximate surface area is 210 Å². The van der Waals surface area contributed by atoms with E-state index in [1.165, 1.54) is 61.1 Å². The van der Waals surface area contributed by atoms with Crippen LogP contribution in [0.2, 0.25) is 0 Å². The first-order valence-corrected chi connectivity index (χ1v) is 13.6. The average molecular weight is 543 g/mol. The molecule has 4 N–H and O–H groups in total. The van der Waals surface area contributed by atoms with Crippen LogP contribution in [0.1, 0.15) is 32.2 Å². The van der Waals surface area contributed by atoms with E-state index in [9.17, 15) is 26.4 Å². The van der Waals surface area contributed by atoms with Gasteiger partial charge in [0.15, 0.2) is 11.5 Å². The van der Waals surface area contributed by atoms with E-state index in [4.69, 9.17) is 8.83 Å². The first-order chi connectivity index (χ1) is 17.6. The molecule has 2 heterocycles. The number of carbonyl (C=O) groups excluding carboxylic acids is 2. The van der Waals surface area contributed by atoms with Crippen LogP contribution in [0.5, 0.6) is 0 Å². The van der Waals surface area contributed by atoms with Crippen molar-refractivity contribution >= 4 is 31.9 Å². The number of hydrogen-bond donors (Lipinski definition) is 4. The number of furan rings is 2. The molecule has 1 aliphatic carbocycles. The van der Waals surface area contributed by atoms with Crippen LogP contribution in [0.15, 0.2) is 91.8 Å². The van der Waals surface area contributed by atoms with E-state index in [0.29, 0.717) is 11.1 Å². The summed E-state index contributed by atoms with van der Waals surface area (Å²) in [5.41, 5.74) is 6.97. The molecule has 0 saturated carbocycles. The third-order valence-electron chi connectivity index (χ3n) is 5.53. The monoisotopic (exact) mass is 542 g/mol. The number of benzene rings is 2. The molecular weight excluding hydrogens is 524 g/mol. The maximum absolute atomic E-state index is 12.7. The second-order valence-electron chi connectivity index (χ2n) is 7.89. The van der Waals surface area contributed by atoms with E-state index in [1.807, 2.05) is 9.66 Å². The molecule has 0 bridgehead atoms. The highest BCUT2D eigenvalue weighted by molar-refractivity contribution is 7.89. The fourth-order valence-electron chi connectivity index (χ4n) is 3.78. The standard InChI is InChI=1S/C23H18N4O8S2/c28-22(20-3-1-9-34-20)24-26-36(30,31)16-5-7-18-14(12-16)11-15-13-17(6-8-19(15)18)37(32,33)27-25-23(29)21-4-2-10-35-21/h1-10,12-13,26-27H,11H2,(H,24,28)(H,25,29). The first-order valence-electron chi connectivity index (χ1n) is 10.6. The van der Waals surface area contributed by atoms with Crippen molar-refractivity contribution in [2.45, 2.75) is 16.2 Å². The summed E-state index contributed by atoms with van der Waals surface area (Å²) >= 11 is 0. The maximum Gasteiger partial charge on any atom is 0.301 e. The van der Waals surface area contributed by atoms with Gasteiger partial charge < -0.3 is 8.83 Å². The van der Waals surface area contributed by atoms with E-state index in [1.54, 1.807) is 12.1 Å². The summed E-state index contributed by atoms with van der Waals surface area (Å²) in [6, 6.07) is 14.6. The number of carbonyl (C=O) groups is 2. The summed E-state index contributed by atoms with van der Waals surface area (Å²) in [6.45, 7) is 0. The zero-order valence-electron chi connectivity index (χ0n) is 18.7. The van der Waals surface area contributed by atoms with Gasteiger partial charge in [0, 0.05) is 0 Å². The quantitative estimate of drug-likeness (QED) is 0.214. The van der Waals surface area contributed by atoms with Crippen molar-refractivity contribution in [2.75, 3.05) is 0 Å². The summed E-state index contributed by atoms with van der Waals surface area (Å²) in [6.07, 6.45) is 2.84. The second-order valence-corrected chi connectivity index (χ2v) is 11.3. The molecule has 0 unspecified atom stereocenters. The Kier molecular flexibility index (Phi) is 6.16. The molecule has 12 nitrogen and oxygen atoms in total. The van der Waals surface area contributed by atoms with Gasteiger partial charge in [-0.25, -0.2) is 16.8 Å². The second kappa shape index (κ2) is 9.33. The van der Waals surface area contributed by atoms with Gasteiger partial charge in [-0.05, 0) is 77.2 Å². The Hall–Kier alpha value is -4.24. The molecule has 0 radical (unpaired) electrons. The van der Waals surface area contributed by atoms with Crippen LogP contribution < -0.4 is 20.5 Å². The van der Waals surface area contributed by atoms with Crippen molar-refractivity contribution in [1.29, 1.82) is 0 Å². The lowest BCUT2D eigenvalue weighted by Gasteiger charge is -2.09. The number of nitrogens with one attached hydrogen (secondary N) is 4. The lowest BCUT2D eigenvalue weighted by molar-refractivity contribution is 0.0910. The minimum Gasteiger partial charge on any atom is -0.459 e. The summed E-state index contributed by atoms with van der Waals surface area (Å²) in [4.78, 5) is 27.8. The molecule has 0 saturated heterocycles. The maximum atomic E-state index is 12.7. The zero-order chi connectivity index (χ0) is 26.2. The topological polar surface area (TPSA) is 177 Å². The van der Waals surface area contributed by atoms with Crippen LogP contribution in [0.3, 0.4) is 0 Å². The third-order valence-corrected chi connectivity index (χ3v) is 8.02. The average Bonchev–Trinajstić information content (AvgIpc) is 3.66. The number of sulfonamides is 2. The summed E-state index contributed by atoms with van der Waals surface area (Å²) in [5.74, 6) is -1.64. The Morgan fingerprint density at radius 2 is 1.08 bits per heavy atom. The van der Waals surface area contributed by atoms with Gasteiger partial charge >= 0.3 is 11.8 Å². The number of amides is 2. The molecule has 5 rings (SSSR count). The predicted molar refractivity (Wildman–Crippen MR) is 128 cm³/mol. The third kappa shape index (κ3) is 4.90. The van der Waals surface area contributed by atoms with Gasteiger partial charge in [-0.1, -0.05) is 12.1 Å². The van der Waals surface area contributed by atoms with Gasteiger partial charge in [0.1, 0.15) is 0 Å². The zero-order valence-corrected chi connectivity index (χ0v) is 20.4. The largest absolute Gasteiger partial charge is 0.459 e. The molecule has 1 aliphatic rings. The normalized spacial score (nSPS) is 12.5. The molecule has 0 aliphatic heterocycles. The predicted octanol–water partition coefficient (Wildman–Crippen LogP) is 1.69. The number of hydrogen-bond acceptors (Lipinski definition) is 8. The van der Waals surface area contributed by atoms with E-state index >= 15 is 0 Å². The highest BCUT2D eigenvalue weighted by Crippen LogP contribution is 2.38. The molecular formula is C23H18N4O8S2. The van der Waals surface area contributed by atoms with Crippen LogP contribution in [0, 0.1) is 0 Å². The van der Waals surface area contributed by atoms with Gasteiger partial charge in [0.05, 0.1) is 22.3 Å². The van der Waals surface area contributed by atoms with E-state index < -0.39 is 31.9 Å². The minimum absolute atomic E-state index is 0.0621. The highest BCUT2D eigenvalue weighted by atomic mass is 32.2. The first kappa shape index (κ1) is 24.5. The van der Waals surface area contributed by atoms with Crippen molar-refractivity contribution in [3.8, 4) is 11.1 Å². The molecule has 190 valence electrons. The number of fused-ring (bicyclic) bond motifs is 3. The van der Waals surface area contributed by atoms with Gasteiger partial charge in [0.2, 0.25) is 0 Å². The Bertz CT molecular complexity index is 1580. The van der Waals surface area contributed by atoms with Crippen molar-refractivity contribution in [3.63, 3.8) is 0 Å². The van der Waals surface area contributed by atoms with Gasteiger partial charge in [-0.3, -0.25) is 20.4 Å². The SMILES string of the molecule is O=C(NNS(=O)(=O)c1ccc2c(c1)Cc1cc(S(=O)(=O)NNC(=O)c3ccco3)ccc1-2)c1ccco1. The van der Waals surface area contributed by atoms with Crippen LogP contribution in [0.4, 0.5) is 0 Å². The van der Waals surface area contributed by atoms with Crippen LogP contribution in [0.25, 0.3) is 11.1 Å². The van der Waals surface area contributed by atoms with Crippen LogP contribution >= 0.6 is 0 Å².